The molecule has 1 aromatic rings. The third kappa shape index (κ3) is 4.74. The normalized spacial score (nSPS) is 29.6. The van der Waals surface area contributed by atoms with Crippen molar-refractivity contribution in [2.24, 2.45) is 11.7 Å². The van der Waals surface area contributed by atoms with Gasteiger partial charge in [-0.15, -0.1) is 0 Å². The molecule has 0 aliphatic carbocycles. The molecule has 2 heterocycles. The van der Waals surface area contributed by atoms with E-state index in [1.807, 2.05) is 12.1 Å². The highest BCUT2D eigenvalue weighted by atomic mass is 19.1. The van der Waals surface area contributed by atoms with Crippen LogP contribution < -0.4 is 5.73 Å². The van der Waals surface area contributed by atoms with Crippen molar-refractivity contribution in [1.29, 1.82) is 0 Å². The third-order valence-electron chi connectivity index (χ3n) is 7.28. The van der Waals surface area contributed by atoms with Crippen LogP contribution in [-0.4, -0.2) is 22.5 Å². The predicted molar refractivity (Wildman–Crippen MR) is 112 cm³/mol. The van der Waals surface area contributed by atoms with Gasteiger partial charge in [-0.2, -0.15) is 0 Å². The zero-order valence-corrected chi connectivity index (χ0v) is 17.4. The zero-order chi connectivity index (χ0) is 19.3. The minimum atomic E-state index is -0.142. The van der Waals surface area contributed by atoms with Crippen molar-refractivity contribution in [3.05, 3.63) is 35.6 Å². The van der Waals surface area contributed by atoms with Gasteiger partial charge in [-0.1, -0.05) is 64.5 Å². The fourth-order valence-corrected chi connectivity index (χ4v) is 6.01. The van der Waals surface area contributed by atoms with Crippen LogP contribution >= 0.6 is 0 Å². The molecule has 0 radical (unpaired) electrons. The second kappa shape index (κ2) is 9.52. The van der Waals surface area contributed by atoms with E-state index in [0.29, 0.717) is 12.1 Å². The van der Waals surface area contributed by atoms with E-state index >= 15 is 0 Å². The number of unbranched alkanes of at least 4 members (excludes halogenated alkanes) is 3. The van der Waals surface area contributed by atoms with Gasteiger partial charge in [0.15, 0.2) is 0 Å². The summed E-state index contributed by atoms with van der Waals surface area (Å²) in [7, 11) is 0. The van der Waals surface area contributed by atoms with Crippen LogP contribution in [0.3, 0.4) is 0 Å². The number of nitrogens with zero attached hydrogens (tertiary/aromatic N) is 1. The summed E-state index contributed by atoms with van der Waals surface area (Å²) < 4.78 is 13.4. The lowest BCUT2D eigenvalue weighted by Gasteiger charge is -2.60. The summed E-state index contributed by atoms with van der Waals surface area (Å²) in [5.41, 5.74) is 8.06. The second-order valence-electron chi connectivity index (χ2n) is 9.06. The van der Waals surface area contributed by atoms with Crippen molar-refractivity contribution in [2.45, 2.75) is 109 Å². The van der Waals surface area contributed by atoms with E-state index in [1.165, 1.54) is 63.4 Å². The number of piperidine rings is 2. The SMILES string of the molecule is CCCCCCC(CC)C12CCCC(CC(N)C1)N2Cc1ccc(F)cc1. The van der Waals surface area contributed by atoms with Crippen LogP contribution in [0.25, 0.3) is 0 Å². The topological polar surface area (TPSA) is 29.3 Å². The van der Waals surface area contributed by atoms with Crippen LogP contribution in [0.1, 0.15) is 90.0 Å². The molecular weight excluding hydrogens is 335 g/mol. The molecule has 0 spiro atoms. The van der Waals surface area contributed by atoms with Gasteiger partial charge in [-0.3, -0.25) is 4.90 Å². The van der Waals surface area contributed by atoms with E-state index in [1.54, 1.807) is 12.1 Å². The lowest BCUT2D eigenvalue weighted by atomic mass is 9.64. The van der Waals surface area contributed by atoms with Crippen molar-refractivity contribution in [3.8, 4) is 0 Å². The first kappa shape index (κ1) is 20.8. The molecule has 4 unspecified atom stereocenters. The minimum absolute atomic E-state index is 0.142. The maximum absolute atomic E-state index is 13.4. The molecule has 2 aliphatic rings. The summed E-state index contributed by atoms with van der Waals surface area (Å²) in [6.45, 7) is 5.61. The fraction of sp³-hybridized carbons (Fsp3) is 0.750. The van der Waals surface area contributed by atoms with Gasteiger partial charge in [0.05, 0.1) is 0 Å². The Morgan fingerprint density at radius 1 is 1.19 bits per heavy atom. The van der Waals surface area contributed by atoms with E-state index in [2.05, 4.69) is 18.7 Å². The quantitative estimate of drug-likeness (QED) is 0.534. The highest BCUT2D eigenvalue weighted by molar-refractivity contribution is 5.18. The first-order chi connectivity index (χ1) is 13.1. The standard InChI is InChI=1S/C24H39FN2/c1-3-5-6-7-9-20(4-2)24-15-8-10-23(16-22(26)17-24)27(24)18-19-11-13-21(25)14-12-19/h11-14,20,22-23H,3-10,15-18,26H2,1-2H3. The highest BCUT2D eigenvalue weighted by Crippen LogP contribution is 2.49. The monoisotopic (exact) mass is 374 g/mol. The van der Waals surface area contributed by atoms with Gasteiger partial charge in [0.1, 0.15) is 5.82 Å². The van der Waals surface area contributed by atoms with Crippen LogP contribution in [0.4, 0.5) is 4.39 Å². The molecule has 2 fully saturated rings. The Kier molecular flexibility index (Phi) is 7.33. The van der Waals surface area contributed by atoms with Gasteiger partial charge >= 0.3 is 0 Å². The van der Waals surface area contributed by atoms with E-state index in [-0.39, 0.29) is 11.4 Å². The molecule has 27 heavy (non-hydrogen) atoms. The van der Waals surface area contributed by atoms with Gasteiger partial charge in [-0.25, -0.2) is 4.39 Å². The molecular formula is C24H39FN2. The third-order valence-corrected chi connectivity index (χ3v) is 7.28. The number of nitrogens with two attached hydrogens (primary N) is 1. The Morgan fingerprint density at radius 3 is 2.67 bits per heavy atom. The van der Waals surface area contributed by atoms with Gasteiger partial charge in [0.25, 0.3) is 0 Å². The largest absolute Gasteiger partial charge is 0.328 e. The van der Waals surface area contributed by atoms with Crippen molar-refractivity contribution < 1.29 is 4.39 Å². The summed E-state index contributed by atoms with van der Waals surface area (Å²) >= 11 is 0. The van der Waals surface area contributed by atoms with Crippen molar-refractivity contribution in [3.63, 3.8) is 0 Å². The number of rotatable bonds is 9. The summed E-state index contributed by atoms with van der Waals surface area (Å²) in [6.07, 6.45) is 14.1. The zero-order valence-electron chi connectivity index (χ0n) is 17.4. The summed E-state index contributed by atoms with van der Waals surface area (Å²) in [6, 6.07) is 8.08. The minimum Gasteiger partial charge on any atom is -0.328 e. The molecule has 0 aromatic heterocycles. The van der Waals surface area contributed by atoms with Crippen LogP contribution in [0.5, 0.6) is 0 Å². The number of fused-ring (bicyclic) bond motifs is 2. The molecule has 2 N–H and O–H groups in total. The Bertz CT molecular complexity index is 572. The average Bonchev–Trinajstić information content (AvgIpc) is 2.64. The molecule has 2 nitrogen and oxygen atoms in total. The van der Waals surface area contributed by atoms with Crippen LogP contribution in [0, 0.1) is 11.7 Å². The van der Waals surface area contributed by atoms with Crippen LogP contribution in [0.2, 0.25) is 0 Å². The fourth-order valence-electron chi connectivity index (χ4n) is 6.01. The van der Waals surface area contributed by atoms with Gasteiger partial charge < -0.3 is 5.73 Å². The van der Waals surface area contributed by atoms with E-state index in [4.69, 9.17) is 5.73 Å². The summed E-state index contributed by atoms with van der Waals surface area (Å²) in [5, 5.41) is 0. The summed E-state index contributed by atoms with van der Waals surface area (Å²) in [4.78, 5) is 2.81. The molecule has 4 atom stereocenters. The highest BCUT2D eigenvalue weighted by Gasteiger charge is 2.51. The maximum atomic E-state index is 13.4. The van der Waals surface area contributed by atoms with Gasteiger partial charge in [0.2, 0.25) is 0 Å². The Balaban J connectivity index is 1.82. The van der Waals surface area contributed by atoms with Crippen molar-refractivity contribution >= 4 is 0 Å². The average molecular weight is 375 g/mol. The molecule has 2 saturated heterocycles. The van der Waals surface area contributed by atoms with E-state index in [0.717, 1.165) is 25.3 Å². The molecule has 152 valence electrons. The molecule has 3 heteroatoms. The molecule has 2 aliphatic heterocycles. The lowest BCUT2D eigenvalue weighted by molar-refractivity contribution is -0.0915. The molecule has 1 aromatic carbocycles. The molecule has 0 saturated carbocycles. The Hall–Kier alpha value is -0.930. The number of hydrogen-bond acceptors (Lipinski definition) is 2. The van der Waals surface area contributed by atoms with Crippen molar-refractivity contribution in [2.75, 3.05) is 0 Å². The van der Waals surface area contributed by atoms with Crippen LogP contribution in [-0.2, 0) is 6.54 Å². The lowest BCUT2D eigenvalue weighted by Crippen LogP contribution is -2.66. The summed E-state index contributed by atoms with van der Waals surface area (Å²) in [5.74, 6) is 0.584. The second-order valence-corrected chi connectivity index (χ2v) is 9.06. The van der Waals surface area contributed by atoms with Crippen molar-refractivity contribution in [1.82, 2.24) is 4.90 Å². The first-order valence-corrected chi connectivity index (χ1v) is 11.4. The van der Waals surface area contributed by atoms with E-state index in [9.17, 15) is 4.39 Å². The first-order valence-electron chi connectivity index (χ1n) is 11.4. The van der Waals surface area contributed by atoms with E-state index < -0.39 is 0 Å². The molecule has 3 rings (SSSR count). The van der Waals surface area contributed by atoms with Gasteiger partial charge in [-0.05, 0) is 55.7 Å². The van der Waals surface area contributed by atoms with Gasteiger partial charge in [0, 0.05) is 24.2 Å². The molecule has 2 bridgehead atoms. The number of benzene rings is 1. The predicted octanol–water partition coefficient (Wildman–Crippen LogP) is 6.04. The smallest absolute Gasteiger partial charge is 0.123 e. The Labute approximate surface area is 165 Å². The number of hydrogen-bond donors (Lipinski definition) is 1. The van der Waals surface area contributed by atoms with Crippen LogP contribution in [0.15, 0.2) is 24.3 Å². The maximum Gasteiger partial charge on any atom is 0.123 e. The Morgan fingerprint density at radius 2 is 1.96 bits per heavy atom. The molecule has 0 amide bonds. The number of halogens is 1.